The van der Waals surface area contributed by atoms with E-state index in [2.05, 4.69) is 67.4 Å². The Bertz CT molecular complexity index is 671. The highest BCUT2D eigenvalue weighted by atomic mass is 15.3. The van der Waals surface area contributed by atoms with Crippen molar-refractivity contribution < 1.29 is 0 Å². The summed E-state index contributed by atoms with van der Waals surface area (Å²) >= 11 is 0. The van der Waals surface area contributed by atoms with Gasteiger partial charge in [0.1, 0.15) is 0 Å². The molecule has 0 aliphatic carbocycles. The fourth-order valence-electron chi connectivity index (χ4n) is 2.09. The Hall–Kier alpha value is -2.62. The van der Waals surface area contributed by atoms with Crippen molar-refractivity contribution in [3.63, 3.8) is 0 Å². The van der Waals surface area contributed by atoms with Gasteiger partial charge in [0.05, 0.1) is 6.21 Å². The van der Waals surface area contributed by atoms with E-state index < -0.39 is 0 Å². The van der Waals surface area contributed by atoms with Gasteiger partial charge in [-0.2, -0.15) is 5.10 Å². The van der Waals surface area contributed by atoms with Crippen molar-refractivity contribution in [2.45, 2.75) is 26.2 Å². The predicted molar refractivity (Wildman–Crippen MR) is 94.0 cm³/mol. The van der Waals surface area contributed by atoms with Crippen molar-refractivity contribution in [3.05, 3.63) is 59.7 Å². The summed E-state index contributed by atoms with van der Waals surface area (Å²) < 4.78 is 0. The lowest BCUT2D eigenvalue weighted by Gasteiger charge is -2.19. The van der Waals surface area contributed by atoms with E-state index in [4.69, 9.17) is 11.5 Å². The van der Waals surface area contributed by atoms with Gasteiger partial charge in [-0.05, 0) is 27.7 Å². The molecule has 0 fully saturated rings. The predicted octanol–water partition coefficient (Wildman–Crippen LogP) is 3.26. The Morgan fingerprint density at radius 3 is 1.82 bits per heavy atom. The lowest BCUT2D eigenvalue weighted by Crippen LogP contribution is -2.21. The van der Waals surface area contributed by atoms with Crippen LogP contribution in [0.1, 0.15) is 31.9 Å². The molecule has 0 aromatic heterocycles. The molecule has 0 aliphatic heterocycles. The van der Waals surface area contributed by atoms with Crippen LogP contribution in [0.15, 0.2) is 58.7 Å². The largest absolute Gasteiger partial charge is 0.369 e. The van der Waals surface area contributed by atoms with E-state index in [-0.39, 0.29) is 11.4 Å². The van der Waals surface area contributed by atoms with Gasteiger partial charge < -0.3 is 11.5 Å². The molecule has 0 aliphatic rings. The number of guanidine groups is 1. The Kier molecular flexibility index (Phi) is 4.61. The number of benzene rings is 2. The standard InChI is InChI=1S/C18H22N4/c1-18(2,3)16-10-8-15(9-11-16)14-6-4-13(5-7-14)12-21-22-17(19)20/h4-12H,1-3H3,(H4,19,20,22). The molecule has 0 spiro atoms. The van der Waals surface area contributed by atoms with Crippen LogP contribution in [-0.2, 0) is 5.41 Å². The Morgan fingerprint density at radius 1 is 0.864 bits per heavy atom. The average Bonchev–Trinajstić information content (AvgIpc) is 2.47. The highest BCUT2D eigenvalue weighted by molar-refractivity contribution is 5.82. The first kappa shape index (κ1) is 15.8. The third-order valence-corrected chi connectivity index (χ3v) is 3.37. The summed E-state index contributed by atoms with van der Waals surface area (Å²) in [6, 6.07) is 16.8. The molecule has 2 aromatic carbocycles. The first-order chi connectivity index (χ1) is 10.4. The molecule has 0 saturated heterocycles. The zero-order valence-electron chi connectivity index (χ0n) is 13.2. The number of hydrogen-bond acceptors (Lipinski definition) is 2. The molecule has 0 bridgehead atoms. The van der Waals surface area contributed by atoms with E-state index >= 15 is 0 Å². The summed E-state index contributed by atoms with van der Waals surface area (Å²) in [5.41, 5.74) is 15.2. The summed E-state index contributed by atoms with van der Waals surface area (Å²) in [7, 11) is 0. The van der Waals surface area contributed by atoms with Crippen LogP contribution in [0.2, 0.25) is 0 Å². The summed E-state index contributed by atoms with van der Waals surface area (Å²) in [6.45, 7) is 6.64. The molecule has 4 nitrogen and oxygen atoms in total. The molecule has 0 atom stereocenters. The second-order valence-corrected chi connectivity index (χ2v) is 6.22. The summed E-state index contributed by atoms with van der Waals surface area (Å²) in [6.07, 6.45) is 1.62. The SMILES string of the molecule is CC(C)(C)c1ccc(-c2ccc(C=NN=C(N)N)cc2)cc1. The molecule has 4 N–H and O–H groups in total. The zero-order valence-corrected chi connectivity index (χ0v) is 13.2. The number of hydrogen-bond donors (Lipinski definition) is 2. The van der Waals surface area contributed by atoms with Gasteiger partial charge in [0.2, 0.25) is 5.96 Å². The normalized spacial score (nSPS) is 11.6. The van der Waals surface area contributed by atoms with Crippen LogP contribution in [0.5, 0.6) is 0 Å². The Labute approximate surface area is 131 Å². The summed E-state index contributed by atoms with van der Waals surface area (Å²) in [5.74, 6) is -0.0493. The maximum atomic E-state index is 5.21. The van der Waals surface area contributed by atoms with Gasteiger partial charge in [-0.15, -0.1) is 5.10 Å². The highest BCUT2D eigenvalue weighted by Gasteiger charge is 2.12. The minimum absolute atomic E-state index is 0.0493. The molecule has 0 saturated carbocycles. The van der Waals surface area contributed by atoms with Gasteiger partial charge in [-0.1, -0.05) is 69.3 Å². The van der Waals surface area contributed by atoms with E-state index in [1.165, 1.54) is 16.7 Å². The maximum absolute atomic E-state index is 5.21. The number of nitrogens with zero attached hydrogens (tertiary/aromatic N) is 2. The smallest absolute Gasteiger partial charge is 0.211 e. The lowest BCUT2D eigenvalue weighted by atomic mass is 9.86. The molecule has 0 radical (unpaired) electrons. The van der Waals surface area contributed by atoms with Gasteiger partial charge in [0.15, 0.2) is 0 Å². The van der Waals surface area contributed by atoms with Gasteiger partial charge in [0.25, 0.3) is 0 Å². The average molecular weight is 294 g/mol. The molecule has 0 unspecified atom stereocenters. The van der Waals surface area contributed by atoms with Crippen molar-refractivity contribution in [3.8, 4) is 11.1 Å². The molecule has 2 rings (SSSR count). The van der Waals surface area contributed by atoms with E-state index in [0.717, 1.165) is 5.56 Å². The lowest BCUT2D eigenvalue weighted by molar-refractivity contribution is 0.590. The van der Waals surface area contributed by atoms with Crippen molar-refractivity contribution in [2.75, 3.05) is 0 Å². The third-order valence-electron chi connectivity index (χ3n) is 3.37. The molecule has 0 heterocycles. The second-order valence-electron chi connectivity index (χ2n) is 6.22. The number of rotatable bonds is 3. The molecule has 22 heavy (non-hydrogen) atoms. The van der Waals surface area contributed by atoms with Crippen molar-refractivity contribution in [1.82, 2.24) is 0 Å². The third kappa shape index (κ3) is 4.19. The van der Waals surface area contributed by atoms with Crippen LogP contribution >= 0.6 is 0 Å². The minimum Gasteiger partial charge on any atom is -0.369 e. The molecular weight excluding hydrogens is 272 g/mol. The van der Waals surface area contributed by atoms with Crippen molar-refractivity contribution in [2.24, 2.45) is 21.7 Å². The van der Waals surface area contributed by atoms with Crippen LogP contribution in [0.25, 0.3) is 11.1 Å². The van der Waals surface area contributed by atoms with E-state index in [9.17, 15) is 0 Å². The van der Waals surface area contributed by atoms with Gasteiger partial charge >= 0.3 is 0 Å². The molecule has 0 amide bonds. The second kappa shape index (κ2) is 6.43. The van der Waals surface area contributed by atoms with Gasteiger partial charge in [-0.25, -0.2) is 0 Å². The maximum Gasteiger partial charge on any atom is 0.211 e. The van der Waals surface area contributed by atoms with Gasteiger partial charge in [-0.3, -0.25) is 0 Å². The molecule has 114 valence electrons. The highest BCUT2D eigenvalue weighted by Crippen LogP contribution is 2.26. The van der Waals surface area contributed by atoms with Crippen LogP contribution in [0, 0.1) is 0 Å². The zero-order chi connectivity index (χ0) is 16.2. The summed E-state index contributed by atoms with van der Waals surface area (Å²) in [4.78, 5) is 0. The number of nitrogens with two attached hydrogens (primary N) is 2. The quantitative estimate of drug-likeness (QED) is 0.518. The van der Waals surface area contributed by atoms with E-state index in [1.54, 1.807) is 6.21 Å². The van der Waals surface area contributed by atoms with Crippen LogP contribution in [-0.4, -0.2) is 12.2 Å². The Balaban J connectivity index is 2.17. The first-order valence-electron chi connectivity index (χ1n) is 7.19. The molecule has 2 aromatic rings. The minimum atomic E-state index is -0.0493. The van der Waals surface area contributed by atoms with Crippen molar-refractivity contribution >= 4 is 12.2 Å². The van der Waals surface area contributed by atoms with E-state index in [1.807, 2.05) is 12.1 Å². The monoisotopic (exact) mass is 294 g/mol. The fourth-order valence-corrected chi connectivity index (χ4v) is 2.09. The molecular formula is C18H22N4. The van der Waals surface area contributed by atoms with Gasteiger partial charge in [0, 0.05) is 0 Å². The molecule has 4 heteroatoms. The first-order valence-corrected chi connectivity index (χ1v) is 7.19. The van der Waals surface area contributed by atoms with Crippen LogP contribution in [0.3, 0.4) is 0 Å². The topological polar surface area (TPSA) is 76.8 Å². The fraction of sp³-hybridized carbons (Fsp3) is 0.222. The van der Waals surface area contributed by atoms with Crippen LogP contribution in [0.4, 0.5) is 0 Å². The summed E-state index contributed by atoms with van der Waals surface area (Å²) in [5, 5.41) is 7.37. The Morgan fingerprint density at radius 2 is 1.36 bits per heavy atom. The van der Waals surface area contributed by atoms with E-state index in [0.29, 0.717) is 0 Å². The van der Waals surface area contributed by atoms with Crippen molar-refractivity contribution in [1.29, 1.82) is 0 Å². The van der Waals surface area contributed by atoms with Crippen LogP contribution < -0.4 is 11.5 Å².